The number of benzene rings is 1. The summed E-state index contributed by atoms with van der Waals surface area (Å²) >= 11 is 1.45. The van der Waals surface area contributed by atoms with Crippen molar-refractivity contribution in [1.29, 1.82) is 0 Å². The first-order chi connectivity index (χ1) is 12.5. The number of amides is 1. The molecule has 0 aliphatic carbocycles. The van der Waals surface area contributed by atoms with Gasteiger partial charge in [0, 0.05) is 24.0 Å². The van der Waals surface area contributed by atoms with Crippen LogP contribution in [0.2, 0.25) is 0 Å². The average Bonchev–Trinajstić information content (AvgIpc) is 3.30. The summed E-state index contributed by atoms with van der Waals surface area (Å²) in [6.07, 6.45) is 0.686. The van der Waals surface area contributed by atoms with Crippen LogP contribution >= 0.6 is 11.3 Å². The second-order valence-electron chi connectivity index (χ2n) is 6.05. The molecule has 1 aromatic heterocycles. The predicted molar refractivity (Wildman–Crippen MR) is 96.7 cm³/mol. The van der Waals surface area contributed by atoms with Gasteiger partial charge in [-0.2, -0.15) is 0 Å². The number of carboxylic acids is 1. The lowest BCUT2D eigenvalue weighted by molar-refractivity contribution is -0.141. The van der Waals surface area contributed by atoms with Crippen molar-refractivity contribution < 1.29 is 24.2 Å². The van der Waals surface area contributed by atoms with Gasteiger partial charge in [-0.1, -0.05) is 0 Å². The molecule has 1 N–H and O–H groups in total. The van der Waals surface area contributed by atoms with Gasteiger partial charge in [-0.05, 0) is 24.6 Å². The van der Waals surface area contributed by atoms with Gasteiger partial charge < -0.3 is 19.5 Å². The van der Waals surface area contributed by atoms with Crippen LogP contribution in [-0.4, -0.2) is 54.2 Å². The van der Waals surface area contributed by atoms with Crippen LogP contribution in [0.25, 0.3) is 10.6 Å². The SMILES string of the molecule is COc1ccc(-c2nc(CC(=O)N3CCC(C(=O)O)C3)cs2)cc1OC. The Morgan fingerprint density at radius 2 is 2.08 bits per heavy atom. The van der Waals surface area contributed by atoms with E-state index in [9.17, 15) is 9.59 Å². The molecule has 0 bridgehead atoms. The van der Waals surface area contributed by atoms with Crippen LogP contribution in [0.15, 0.2) is 23.6 Å². The standard InChI is InChI=1S/C18H20N2O5S/c1-24-14-4-3-11(7-15(14)25-2)17-19-13(10-26-17)8-16(21)20-6-5-12(9-20)18(22)23/h3-4,7,10,12H,5-6,8-9H2,1-2H3,(H,22,23). The number of aromatic nitrogens is 1. The summed E-state index contributed by atoms with van der Waals surface area (Å²) in [6.45, 7) is 0.767. The molecule has 0 saturated carbocycles. The molecule has 2 heterocycles. The van der Waals surface area contributed by atoms with Crippen molar-refractivity contribution in [3.8, 4) is 22.1 Å². The number of rotatable bonds is 6. The number of carbonyl (C=O) groups excluding carboxylic acids is 1. The number of ether oxygens (including phenoxy) is 2. The summed E-state index contributed by atoms with van der Waals surface area (Å²) < 4.78 is 10.5. The molecule has 138 valence electrons. The third kappa shape index (κ3) is 3.80. The lowest BCUT2D eigenvalue weighted by Gasteiger charge is -2.14. The highest BCUT2D eigenvalue weighted by molar-refractivity contribution is 7.13. The first-order valence-corrected chi connectivity index (χ1v) is 9.07. The zero-order chi connectivity index (χ0) is 18.7. The molecular formula is C18H20N2O5S. The summed E-state index contributed by atoms with van der Waals surface area (Å²) in [5, 5.41) is 11.7. The molecule has 1 unspecified atom stereocenters. The highest BCUT2D eigenvalue weighted by Gasteiger charge is 2.30. The monoisotopic (exact) mass is 376 g/mol. The van der Waals surface area contributed by atoms with E-state index in [4.69, 9.17) is 14.6 Å². The van der Waals surface area contributed by atoms with Crippen LogP contribution in [0.5, 0.6) is 11.5 Å². The highest BCUT2D eigenvalue weighted by Crippen LogP contribution is 2.33. The number of aliphatic carboxylic acids is 1. The number of hydrogen-bond donors (Lipinski definition) is 1. The molecule has 26 heavy (non-hydrogen) atoms. The average molecular weight is 376 g/mol. The normalized spacial score (nSPS) is 16.5. The maximum atomic E-state index is 12.4. The summed E-state index contributed by atoms with van der Waals surface area (Å²) in [4.78, 5) is 29.5. The van der Waals surface area contributed by atoms with Crippen molar-refractivity contribution in [2.75, 3.05) is 27.3 Å². The number of thiazole rings is 1. The Morgan fingerprint density at radius 1 is 1.31 bits per heavy atom. The lowest BCUT2D eigenvalue weighted by Crippen LogP contribution is -2.31. The fraction of sp³-hybridized carbons (Fsp3) is 0.389. The van der Waals surface area contributed by atoms with Crippen molar-refractivity contribution in [2.45, 2.75) is 12.8 Å². The number of likely N-dealkylation sites (tertiary alicyclic amines) is 1. The molecule has 1 atom stereocenters. The molecule has 1 saturated heterocycles. The first-order valence-electron chi connectivity index (χ1n) is 8.19. The van der Waals surface area contributed by atoms with Gasteiger partial charge in [0.25, 0.3) is 0 Å². The molecule has 1 aliphatic rings. The molecule has 7 nitrogen and oxygen atoms in total. The fourth-order valence-electron chi connectivity index (χ4n) is 2.95. The minimum absolute atomic E-state index is 0.0853. The highest BCUT2D eigenvalue weighted by atomic mass is 32.1. The van der Waals surface area contributed by atoms with Crippen molar-refractivity contribution in [2.24, 2.45) is 5.92 Å². The third-order valence-corrected chi connectivity index (χ3v) is 5.34. The fourth-order valence-corrected chi connectivity index (χ4v) is 3.76. The Bertz CT molecular complexity index is 820. The minimum Gasteiger partial charge on any atom is -0.493 e. The van der Waals surface area contributed by atoms with Crippen LogP contribution in [0.3, 0.4) is 0 Å². The van der Waals surface area contributed by atoms with E-state index >= 15 is 0 Å². The van der Waals surface area contributed by atoms with Gasteiger partial charge in [0.15, 0.2) is 11.5 Å². The molecule has 1 amide bonds. The molecule has 0 radical (unpaired) electrons. The zero-order valence-corrected chi connectivity index (χ0v) is 15.4. The molecule has 1 aromatic carbocycles. The molecule has 0 spiro atoms. The van der Waals surface area contributed by atoms with E-state index in [1.807, 2.05) is 23.6 Å². The Balaban J connectivity index is 1.68. The maximum absolute atomic E-state index is 12.4. The topological polar surface area (TPSA) is 89.0 Å². The summed E-state index contributed by atoms with van der Waals surface area (Å²) in [7, 11) is 3.16. The lowest BCUT2D eigenvalue weighted by atomic mass is 10.1. The van der Waals surface area contributed by atoms with Gasteiger partial charge in [0.05, 0.1) is 32.3 Å². The van der Waals surface area contributed by atoms with Gasteiger partial charge in [0.2, 0.25) is 5.91 Å². The largest absolute Gasteiger partial charge is 0.493 e. The number of nitrogens with zero attached hydrogens (tertiary/aromatic N) is 2. The van der Waals surface area contributed by atoms with Gasteiger partial charge in [-0.15, -0.1) is 11.3 Å². The second-order valence-corrected chi connectivity index (χ2v) is 6.91. The molecular weight excluding hydrogens is 356 g/mol. The maximum Gasteiger partial charge on any atom is 0.308 e. The Morgan fingerprint density at radius 3 is 2.73 bits per heavy atom. The number of carbonyl (C=O) groups is 2. The van der Waals surface area contributed by atoms with E-state index in [0.29, 0.717) is 30.2 Å². The van der Waals surface area contributed by atoms with Crippen molar-refractivity contribution in [1.82, 2.24) is 9.88 Å². The summed E-state index contributed by atoms with van der Waals surface area (Å²) in [5.41, 5.74) is 1.57. The molecule has 1 fully saturated rings. The summed E-state index contributed by atoms with van der Waals surface area (Å²) in [5.74, 6) is -0.126. The van der Waals surface area contributed by atoms with E-state index in [2.05, 4.69) is 4.98 Å². The number of carboxylic acid groups (broad SMARTS) is 1. The van der Waals surface area contributed by atoms with E-state index in [1.54, 1.807) is 19.1 Å². The quantitative estimate of drug-likeness (QED) is 0.832. The number of methoxy groups -OCH3 is 2. The first kappa shape index (κ1) is 18.2. The zero-order valence-electron chi connectivity index (χ0n) is 14.6. The van der Waals surface area contributed by atoms with Crippen LogP contribution < -0.4 is 9.47 Å². The van der Waals surface area contributed by atoms with E-state index in [-0.39, 0.29) is 18.9 Å². The van der Waals surface area contributed by atoms with Crippen LogP contribution in [0, 0.1) is 5.92 Å². The van der Waals surface area contributed by atoms with Crippen LogP contribution in [0.4, 0.5) is 0 Å². The smallest absolute Gasteiger partial charge is 0.308 e. The van der Waals surface area contributed by atoms with Gasteiger partial charge in [-0.25, -0.2) is 4.98 Å². The predicted octanol–water partition coefficient (Wildman–Crippen LogP) is 2.30. The van der Waals surface area contributed by atoms with E-state index < -0.39 is 11.9 Å². The summed E-state index contributed by atoms with van der Waals surface area (Å²) in [6, 6.07) is 5.56. The molecule has 1 aliphatic heterocycles. The van der Waals surface area contributed by atoms with Gasteiger partial charge in [-0.3, -0.25) is 9.59 Å². The number of hydrogen-bond acceptors (Lipinski definition) is 6. The molecule has 8 heteroatoms. The van der Waals surface area contributed by atoms with Gasteiger partial charge in [0.1, 0.15) is 5.01 Å². The minimum atomic E-state index is -0.843. The van der Waals surface area contributed by atoms with Gasteiger partial charge >= 0.3 is 5.97 Å². The molecule has 2 aromatic rings. The Labute approximate surface area is 155 Å². The Kier molecular flexibility index (Phi) is 5.41. The van der Waals surface area contributed by atoms with Crippen molar-refractivity contribution >= 4 is 23.2 Å². The van der Waals surface area contributed by atoms with Crippen LogP contribution in [0.1, 0.15) is 12.1 Å². The van der Waals surface area contributed by atoms with Crippen LogP contribution in [-0.2, 0) is 16.0 Å². The van der Waals surface area contributed by atoms with E-state index in [0.717, 1.165) is 10.6 Å². The second kappa shape index (κ2) is 7.74. The van der Waals surface area contributed by atoms with E-state index in [1.165, 1.54) is 11.3 Å². The van der Waals surface area contributed by atoms with Crippen molar-refractivity contribution in [3.05, 3.63) is 29.3 Å². The third-order valence-electron chi connectivity index (χ3n) is 4.40. The molecule has 3 rings (SSSR count). The van der Waals surface area contributed by atoms with Crippen molar-refractivity contribution in [3.63, 3.8) is 0 Å². The Hall–Kier alpha value is -2.61.